The molecule has 1 aromatic rings. The Kier molecular flexibility index (Phi) is 8.89. The molecule has 0 aliphatic carbocycles. The molecule has 9 unspecified atom stereocenters. The predicted octanol–water partition coefficient (Wildman–Crippen LogP) is -4.70. The molecule has 0 aromatic carbocycles. The van der Waals surface area contributed by atoms with Crippen molar-refractivity contribution in [3.05, 3.63) is 33.1 Å². The number of carbonyl (C=O) groups is 1. The lowest BCUT2D eigenvalue weighted by Gasteiger charge is -2.38. The fourth-order valence-corrected chi connectivity index (χ4v) is 5.49. The van der Waals surface area contributed by atoms with E-state index in [0.29, 0.717) is 4.57 Å². The van der Waals surface area contributed by atoms with Crippen LogP contribution in [-0.2, 0) is 36.8 Å². The van der Waals surface area contributed by atoms with E-state index in [9.17, 15) is 58.8 Å². The van der Waals surface area contributed by atoms with Crippen LogP contribution in [0.5, 0.6) is 0 Å². The second-order valence-electron chi connectivity index (χ2n) is 7.72. The molecule has 37 heavy (non-hydrogen) atoms. The van der Waals surface area contributed by atoms with E-state index in [0.717, 1.165) is 12.3 Å². The van der Waals surface area contributed by atoms with Crippen molar-refractivity contribution in [3.8, 4) is 0 Å². The summed E-state index contributed by atoms with van der Waals surface area (Å²) in [5.74, 6) is -1.85. The molecule has 2 aliphatic heterocycles. The molecular weight excluding hydrogens is 558 g/mol. The Balaban J connectivity index is 1.63. The largest absolute Gasteiger partial charge is 0.483 e. The average Bonchev–Trinajstić information content (AvgIpc) is 3.05. The number of aromatic nitrogens is 2. The van der Waals surface area contributed by atoms with Gasteiger partial charge in [0, 0.05) is 12.3 Å². The normalized spacial score (nSPS) is 37.5. The maximum Gasteiger partial charge on any atom is 0.483 e. The number of H-pyrrole nitrogens is 1. The molecule has 0 saturated carbocycles. The van der Waals surface area contributed by atoms with Crippen LogP contribution in [0.25, 0.3) is 0 Å². The number of phosphoric acid groups is 2. The van der Waals surface area contributed by atoms with Gasteiger partial charge in [-0.2, -0.15) is 4.31 Å². The van der Waals surface area contributed by atoms with Crippen LogP contribution in [0, 0.1) is 0 Å². The van der Waals surface area contributed by atoms with Crippen LogP contribution in [0.2, 0.25) is 0 Å². The van der Waals surface area contributed by atoms with Crippen LogP contribution in [0.15, 0.2) is 21.9 Å². The molecule has 11 atom stereocenters. The minimum atomic E-state index is -5.72. The van der Waals surface area contributed by atoms with Crippen molar-refractivity contribution in [3.63, 3.8) is 0 Å². The molecule has 22 heteroatoms. The van der Waals surface area contributed by atoms with Crippen LogP contribution in [0.3, 0.4) is 0 Å². The molecular formula is C15H22N2O18P2. The van der Waals surface area contributed by atoms with Gasteiger partial charge < -0.3 is 49.9 Å². The maximum absolute atomic E-state index is 12.2. The summed E-state index contributed by atoms with van der Waals surface area (Å²) in [7, 11) is -11.3. The van der Waals surface area contributed by atoms with E-state index in [4.69, 9.17) is 9.84 Å². The zero-order valence-corrected chi connectivity index (χ0v) is 19.8. The van der Waals surface area contributed by atoms with Gasteiger partial charge in [0.15, 0.2) is 18.6 Å². The van der Waals surface area contributed by atoms with Crippen molar-refractivity contribution < 1.29 is 77.2 Å². The summed E-state index contributed by atoms with van der Waals surface area (Å²) in [5.41, 5.74) is -1.78. The van der Waals surface area contributed by atoms with Gasteiger partial charge >= 0.3 is 27.3 Å². The molecule has 9 N–H and O–H groups in total. The second-order valence-corrected chi connectivity index (χ2v) is 10.7. The summed E-state index contributed by atoms with van der Waals surface area (Å²) in [5, 5.41) is 58.3. The number of rotatable bonds is 9. The Morgan fingerprint density at radius 2 is 1.62 bits per heavy atom. The molecule has 1 aromatic heterocycles. The maximum atomic E-state index is 12.2. The number of aliphatic hydroxyl groups excluding tert-OH is 5. The quantitative estimate of drug-likeness (QED) is 0.124. The third kappa shape index (κ3) is 6.77. The molecule has 3 rings (SSSR count). The molecule has 0 radical (unpaired) electrons. The molecule has 0 bridgehead atoms. The number of aliphatic hydroxyl groups is 5. The van der Waals surface area contributed by atoms with Gasteiger partial charge in [0.25, 0.3) is 5.56 Å². The van der Waals surface area contributed by atoms with E-state index in [-0.39, 0.29) is 0 Å². The number of phosphoric ester groups is 2. The first-order chi connectivity index (χ1) is 17.0. The molecule has 2 aliphatic rings. The van der Waals surface area contributed by atoms with Gasteiger partial charge in [-0.3, -0.25) is 23.4 Å². The number of nitrogens with one attached hydrogen (secondary N) is 1. The van der Waals surface area contributed by atoms with E-state index in [1.165, 1.54) is 0 Å². The Morgan fingerprint density at radius 1 is 0.973 bits per heavy atom. The Labute approximate surface area is 204 Å². The topological polar surface area (TPSA) is 314 Å². The van der Waals surface area contributed by atoms with Crippen molar-refractivity contribution in [2.75, 3.05) is 6.61 Å². The number of aliphatic carboxylic acids is 1. The van der Waals surface area contributed by atoms with Crippen LogP contribution in [0.1, 0.15) is 6.23 Å². The number of hydrogen-bond acceptors (Lipinski definition) is 15. The van der Waals surface area contributed by atoms with Crippen LogP contribution in [-0.4, -0.2) is 112 Å². The monoisotopic (exact) mass is 580 g/mol. The summed E-state index contributed by atoms with van der Waals surface area (Å²) in [6.45, 7) is -1.07. The predicted molar refractivity (Wildman–Crippen MR) is 109 cm³/mol. The number of hydrogen-bond donors (Lipinski definition) is 9. The number of ether oxygens (including phenoxy) is 2. The van der Waals surface area contributed by atoms with Gasteiger partial charge in [-0.1, -0.05) is 0 Å². The van der Waals surface area contributed by atoms with Crippen molar-refractivity contribution in [2.24, 2.45) is 0 Å². The highest BCUT2D eigenvalue weighted by Gasteiger charge is 2.51. The summed E-state index contributed by atoms with van der Waals surface area (Å²) in [6, 6.07) is 0.910. The Hall–Kier alpha value is -1.87. The van der Waals surface area contributed by atoms with Crippen LogP contribution >= 0.6 is 15.6 Å². The lowest BCUT2D eigenvalue weighted by Crippen LogP contribution is -2.60. The Bertz CT molecular complexity index is 1200. The number of nitrogens with zero attached hydrogens (tertiary/aromatic N) is 1. The van der Waals surface area contributed by atoms with Gasteiger partial charge in [-0.05, 0) is 0 Å². The first-order valence-corrected chi connectivity index (χ1v) is 13.0. The first-order valence-electron chi connectivity index (χ1n) is 9.98. The lowest BCUT2D eigenvalue weighted by atomic mass is 9.99. The molecule has 20 nitrogen and oxygen atoms in total. The number of aromatic amines is 1. The SMILES string of the molecule is O=C(O)C1O[C@H](OP(=O)(O)OP(=O)(O)OCC2OC(n3ccc(=O)[nH]c3=O)C(O)C2O)C(O)C(O)[C@H]1O. The number of carboxylic acid groups (broad SMARTS) is 1. The van der Waals surface area contributed by atoms with Gasteiger partial charge in [-0.15, -0.1) is 0 Å². The summed E-state index contributed by atoms with van der Waals surface area (Å²) in [4.78, 5) is 55.5. The molecule has 2 fully saturated rings. The fraction of sp³-hybridized carbons (Fsp3) is 0.667. The lowest BCUT2D eigenvalue weighted by molar-refractivity contribution is -0.274. The van der Waals surface area contributed by atoms with Gasteiger partial charge in [-0.25, -0.2) is 18.7 Å². The minimum Gasteiger partial charge on any atom is -0.479 e. The zero-order chi connectivity index (χ0) is 27.9. The molecule has 3 heterocycles. The first kappa shape index (κ1) is 29.7. The smallest absolute Gasteiger partial charge is 0.479 e. The molecule has 2 saturated heterocycles. The summed E-state index contributed by atoms with van der Waals surface area (Å²) >= 11 is 0. The number of carboxylic acids is 1. The van der Waals surface area contributed by atoms with E-state index in [1.807, 2.05) is 4.98 Å². The molecule has 0 spiro atoms. The standard InChI is InChI=1S/C15H22N2O18P2/c18-5-1-2-17(15(26)16-5)12-9(22)6(19)4(32-12)3-31-36(27,28)35-37(29,30)34-14-10(23)7(20)8(21)11(33-14)13(24)25/h1-2,4,6-12,14,19-23H,3H2,(H,24,25)(H,27,28)(H,29,30)(H,16,18,26)/t4?,6?,7?,8-,9?,10?,11?,12?,14-/m1/s1. The molecule has 0 amide bonds. The summed E-state index contributed by atoms with van der Waals surface area (Å²) < 4.78 is 47.6. The minimum absolute atomic E-state index is 0.700. The average molecular weight is 580 g/mol. The van der Waals surface area contributed by atoms with E-state index in [1.54, 1.807) is 0 Å². The van der Waals surface area contributed by atoms with E-state index < -0.39 is 94.7 Å². The highest BCUT2D eigenvalue weighted by atomic mass is 31.3. The highest BCUT2D eigenvalue weighted by molar-refractivity contribution is 7.61. The van der Waals surface area contributed by atoms with Gasteiger partial charge in [0.2, 0.25) is 0 Å². The van der Waals surface area contributed by atoms with Crippen molar-refractivity contribution in [1.82, 2.24) is 9.55 Å². The van der Waals surface area contributed by atoms with Gasteiger partial charge in [0.05, 0.1) is 6.61 Å². The van der Waals surface area contributed by atoms with Crippen molar-refractivity contribution in [1.29, 1.82) is 0 Å². The van der Waals surface area contributed by atoms with Crippen molar-refractivity contribution in [2.45, 2.75) is 55.2 Å². The summed E-state index contributed by atoms with van der Waals surface area (Å²) in [6.07, 6.45) is -17.2. The van der Waals surface area contributed by atoms with Crippen molar-refractivity contribution >= 4 is 21.6 Å². The van der Waals surface area contributed by atoms with E-state index in [2.05, 4.69) is 18.1 Å². The fourth-order valence-electron chi connectivity index (χ4n) is 3.34. The third-order valence-electron chi connectivity index (χ3n) is 5.12. The zero-order valence-electron chi connectivity index (χ0n) is 18.1. The molecule has 210 valence electrons. The van der Waals surface area contributed by atoms with E-state index >= 15 is 0 Å². The van der Waals surface area contributed by atoms with Gasteiger partial charge in [0.1, 0.15) is 36.6 Å². The second kappa shape index (κ2) is 11.1. The van der Waals surface area contributed by atoms with Crippen LogP contribution in [0.4, 0.5) is 0 Å². The third-order valence-corrected chi connectivity index (χ3v) is 7.72. The highest BCUT2D eigenvalue weighted by Crippen LogP contribution is 2.61. The Morgan fingerprint density at radius 3 is 2.22 bits per heavy atom. The van der Waals surface area contributed by atoms with Crippen LogP contribution < -0.4 is 11.2 Å².